The van der Waals surface area contributed by atoms with Crippen LogP contribution in [0.1, 0.15) is 10.4 Å². The van der Waals surface area contributed by atoms with Crippen LogP contribution in [0.5, 0.6) is 0 Å². The number of pyridine rings is 1. The largest absolute Gasteiger partial charge is 0.367 e. The van der Waals surface area contributed by atoms with Crippen molar-refractivity contribution in [1.29, 1.82) is 0 Å². The minimum Gasteiger partial charge on any atom is -0.367 e. The molecule has 0 aliphatic heterocycles. The number of hydrogen-bond donors (Lipinski definition) is 2. The van der Waals surface area contributed by atoms with Gasteiger partial charge in [-0.1, -0.05) is 15.9 Å². The highest BCUT2D eigenvalue weighted by atomic mass is 79.9. The molecule has 0 bridgehead atoms. The number of H-pyrrole nitrogens is 1. The van der Waals surface area contributed by atoms with Crippen molar-refractivity contribution in [2.75, 3.05) is 5.32 Å². The van der Waals surface area contributed by atoms with Crippen molar-refractivity contribution >= 4 is 27.5 Å². The van der Waals surface area contributed by atoms with Crippen LogP contribution in [0.3, 0.4) is 0 Å². The van der Waals surface area contributed by atoms with Crippen LogP contribution in [-0.4, -0.2) is 10.9 Å². The minimum atomic E-state index is -0.655. The zero-order valence-electron chi connectivity index (χ0n) is 9.04. The van der Waals surface area contributed by atoms with Crippen LogP contribution in [0, 0.1) is 5.82 Å². The Balaban J connectivity index is 2.27. The lowest BCUT2D eigenvalue weighted by molar-refractivity contribution is 0.102. The number of aromatic amines is 1. The molecule has 1 aromatic heterocycles. The van der Waals surface area contributed by atoms with Crippen molar-refractivity contribution in [3.63, 3.8) is 0 Å². The van der Waals surface area contributed by atoms with Gasteiger partial charge in [-0.05, 0) is 18.2 Å². The minimum absolute atomic E-state index is 0.0199. The summed E-state index contributed by atoms with van der Waals surface area (Å²) in [7, 11) is 0. The summed E-state index contributed by atoms with van der Waals surface area (Å²) in [6.45, 7) is 0. The van der Waals surface area contributed by atoms with Gasteiger partial charge in [-0.2, -0.15) is 0 Å². The Labute approximate surface area is 110 Å². The summed E-state index contributed by atoms with van der Waals surface area (Å²) < 4.78 is 14.1. The van der Waals surface area contributed by atoms with Gasteiger partial charge in [-0.3, -0.25) is 9.59 Å². The molecule has 0 saturated carbocycles. The number of aromatic nitrogens is 1. The maximum atomic E-state index is 13.5. The topological polar surface area (TPSA) is 62.0 Å². The maximum Gasteiger partial charge on any atom is 0.261 e. The monoisotopic (exact) mass is 310 g/mol. The molecule has 92 valence electrons. The van der Waals surface area contributed by atoms with Crippen molar-refractivity contribution in [1.82, 2.24) is 4.98 Å². The predicted molar refractivity (Wildman–Crippen MR) is 69.1 cm³/mol. The molecule has 2 rings (SSSR count). The molecule has 6 heteroatoms. The van der Waals surface area contributed by atoms with Gasteiger partial charge in [-0.25, -0.2) is 4.39 Å². The van der Waals surface area contributed by atoms with Gasteiger partial charge in [0.2, 0.25) is 0 Å². The van der Waals surface area contributed by atoms with E-state index < -0.39 is 17.2 Å². The Morgan fingerprint density at radius 3 is 2.78 bits per heavy atom. The van der Waals surface area contributed by atoms with Crippen LogP contribution in [-0.2, 0) is 0 Å². The molecule has 2 aromatic rings. The highest BCUT2D eigenvalue weighted by molar-refractivity contribution is 9.10. The van der Waals surface area contributed by atoms with E-state index in [0.717, 1.165) is 0 Å². The molecule has 2 N–H and O–H groups in total. The molecule has 18 heavy (non-hydrogen) atoms. The Bertz CT molecular complexity index is 655. The van der Waals surface area contributed by atoms with Gasteiger partial charge in [0.25, 0.3) is 5.91 Å². The first-order valence-electron chi connectivity index (χ1n) is 5.01. The second-order valence-corrected chi connectivity index (χ2v) is 4.42. The summed E-state index contributed by atoms with van der Waals surface area (Å²) in [6, 6.07) is 5.46. The molecule has 0 aliphatic rings. The third kappa shape index (κ3) is 2.65. The highest BCUT2D eigenvalue weighted by Gasteiger charge is 2.12. The maximum absolute atomic E-state index is 13.5. The molecule has 0 saturated heterocycles. The van der Waals surface area contributed by atoms with E-state index >= 15 is 0 Å². The first kappa shape index (κ1) is 12.5. The second-order valence-electron chi connectivity index (χ2n) is 3.50. The van der Waals surface area contributed by atoms with Gasteiger partial charge < -0.3 is 10.3 Å². The fourth-order valence-corrected chi connectivity index (χ4v) is 1.71. The Morgan fingerprint density at radius 2 is 2.11 bits per heavy atom. The van der Waals surface area contributed by atoms with E-state index in [2.05, 4.69) is 26.2 Å². The van der Waals surface area contributed by atoms with E-state index in [0.29, 0.717) is 4.47 Å². The molecule has 1 heterocycles. The van der Waals surface area contributed by atoms with Crippen LogP contribution < -0.4 is 10.7 Å². The molecule has 0 unspecified atom stereocenters. The fourth-order valence-electron chi connectivity index (χ4n) is 1.37. The highest BCUT2D eigenvalue weighted by Crippen LogP contribution is 2.19. The summed E-state index contributed by atoms with van der Waals surface area (Å²) in [6.07, 6.45) is 2.69. The fraction of sp³-hybridized carbons (Fsp3) is 0. The number of nitrogens with one attached hydrogen (secondary N) is 2. The molecule has 0 aliphatic carbocycles. The average Bonchev–Trinajstić information content (AvgIpc) is 2.33. The second kappa shape index (κ2) is 5.14. The molecular weight excluding hydrogens is 303 g/mol. The predicted octanol–water partition coefficient (Wildman–Crippen LogP) is 2.53. The van der Waals surface area contributed by atoms with Crippen LogP contribution in [0.2, 0.25) is 0 Å². The number of carbonyl (C=O) groups excluding carboxylic acids is 1. The molecule has 0 atom stereocenters. The lowest BCUT2D eigenvalue weighted by Crippen LogP contribution is -2.21. The normalized spacial score (nSPS) is 10.1. The van der Waals surface area contributed by atoms with Gasteiger partial charge in [0.05, 0.1) is 5.69 Å². The summed E-state index contributed by atoms with van der Waals surface area (Å²) >= 11 is 3.11. The molecule has 0 spiro atoms. The molecular formula is C12H8BrFN2O2. The van der Waals surface area contributed by atoms with Gasteiger partial charge in [-0.15, -0.1) is 0 Å². The van der Waals surface area contributed by atoms with E-state index in [1.165, 1.54) is 30.6 Å². The van der Waals surface area contributed by atoms with Gasteiger partial charge in [0.15, 0.2) is 5.43 Å². The van der Waals surface area contributed by atoms with Crippen LogP contribution in [0.4, 0.5) is 10.1 Å². The van der Waals surface area contributed by atoms with E-state index in [-0.39, 0.29) is 11.3 Å². The van der Waals surface area contributed by atoms with Crippen LogP contribution in [0.25, 0.3) is 0 Å². The Morgan fingerprint density at radius 1 is 1.33 bits per heavy atom. The van der Waals surface area contributed by atoms with Crippen molar-refractivity contribution in [3.8, 4) is 0 Å². The number of carbonyl (C=O) groups is 1. The summed E-state index contributed by atoms with van der Waals surface area (Å²) in [5.74, 6) is -1.23. The van der Waals surface area contributed by atoms with E-state index in [9.17, 15) is 14.0 Å². The summed E-state index contributed by atoms with van der Waals surface area (Å²) in [5.41, 5.74) is -0.477. The summed E-state index contributed by atoms with van der Waals surface area (Å²) in [5, 5.41) is 2.34. The Hall–Kier alpha value is -1.95. The van der Waals surface area contributed by atoms with E-state index in [4.69, 9.17) is 0 Å². The number of amides is 1. The van der Waals surface area contributed by atoms with Gasteiger partial charge in [0, 0.05) is 22.9 Å². The van der Waals surface area contributed by atoms with E-state index in [1.807, 2.05) is 0 Å². The number of rotatable bonds is 2. The molecule has 1 aromatic carbocycles. The zero-order chi connectivity index (χ0) is 13.1. The SMILES string of the molecule is O=C(Nc1ccc(Br)cc1F)c1c[nH]ccc1=O. The number of anilines is 1. The molecule has 1 amide bonds. The van der Waals surface area contributed by atoms with Crippen LogP contribution in [0.15, 0.2) is 45.9 Å². The smallest absolute Gasteiger partial charge is 0.261 e. The standard InChI is InChI=1S/C12H8BrFN2O2/c13-7-1-2-10(9(14)5-7)16-12(18)8-6-15-4-3-11(8)17/h1-6H,(H,15,17)(H,16,18). The molecule has 0 radical (unpaired) electrons. The van der Waals surface area contributed by atoms with Crippen molar-refractivity contribution in [3.05, 3.63) is 62.7 Å². The molecule has 0 fully saturated rings. The third-order valence-corrected chi connectivity index (χ3v) is 2.74. The van der Waals surface area contributed by atoms with Gasteiger partial charge in [0.1, 0.15) is 11.4 Å². The lowest BCUT2D eigenvalue weighted by Gasteiger charge is -2.06. The number of benzene rings is 1. The summed E-state index contributed by atoms with van der Waals surface area (Å²) in [4.78, 5) is 25.8. The van der Waals surface area contributed by atoms with Crippen molar-refractivity contribution < 1.29 is 9.18 Å². The lowest BCUT2D eigenvalue weighted by atomic mass is 10.2. The van der Waals surface area contributed by atoms with Crippen molar-refractivity contribution in [2.45, 2.75) is 0 Å². The zero-order valence-corrected chi connectivity index (χ0v) is 10.6. The van der Waals surface area contributed by atoms with E-state index in [1.54, 1.807) is 6.07 Å². The van der Waals surface area contributed by atoms with Crippen molar-refractivity contribution in [2.24, 2.45) is 0 Å². The van der Waals surface area contributed by atoms with Crippen LogP contribution >= 0.6 is 15.9 Å². The third-order valence-electron chi connectivity index (χ3n) is 2.25. The number of hydrogen-bond acceptors (Lipinski definition) is 2. The number of halogens is 2. The first-order chi connectivity index (χ1) is 8.58. The average molecular weight is 311 g/mol. The Kier molecular flexibility index (Phi) is 3.57. The molecule has 4 nitrogen and oxygen atoms in total. The quantitative estimate of drug-likeness (QED) is 0.895. The first-order valence-corrected chi connectivity index (χ1v) is 5.81. The van der Waals surface area contributed by atoms with Gasteiger partial charge >= 0.3 is 0 Å².